The first kappa shape index (κ1) is 13.4. The quantitative estimate of drug-likeness (QED) is 0.649. The first-order chi connectivity index (χ1) is 8.97. The van der Waals surface area contributed by atoms with Gasteiger partial charge in [-0.1, -0.05) is 11.3 Å². The van der Waals surface area contributed by atoms with Crippen molar-refractivity contribution in [1.82, 2.24) is 10.2 Å². The van der Waals surface area contributed by atoms with Crippen LogP contribution in [0.4, 0.5) is 16.5 Å². The fourth-order valence-corrected chi connectivity index (χ4v) is 2.19. The summed E-state index contributed by atoms with van der Waals surface area (Å²) in [5, 5.41) is 20.5. The molecule has 0 saturated heterocycles. The van der Waals surface area contributed by atoms with E-state index in [4.69, 9.17) is 5.73 Å². The minimum Gasteiger partial charge on any atom is -0.374 e. The van der Waals surface area contributed by atoms with Crippen LogP contribution in [0.2, 0.25) is 0 Å². The van der Waals surface area contributed by atoms with Gasteiger partial charge >= 0.3 is 0 Å². The fraction of sp³-hybridized carbons (Fsp3) is 0. The minimum absolute atomic E-state index is 0.0787. The summed E-state index contributed by atoms with van der Waals surface area (Å²) in [6.45, 7) is 0. The monoisotopic (exact) mass is 343 g/mol. The van der Waals surface area contributed by atoms with Crippen LogP contribution in [0, 0.1) is 10.1 Å². The van der Waals surface area contributed by atoms with Gasteiger partial charge in [0.05, 0.1) is 10.6 Å². The lowest BCUT2D eigenvalue weighted by Gasteiger charge is -2.04. The molecule has 0 unspecified atom stereocenters. The predicted molar refractivity (Wildman–Crippen MR) is 73.1 cm³/mol. The molecule has 0 aliphatic heterocycles. The molecule has 1 aromatic carbocycles. The van der Waals surface area contributed by atoms with Crippen LogP contribution in [0.3, 0.4) is 0 Å². The summed E-state index contributed by atoms with van der Waals surface area (Å²) in [4.78, 5) is 21.8. The number of aromatic nitrogens is 2. The number of nitrogens with two attached hydrogens (primary N) is 1. The average molecular weight is 344 g/mol. The highest BCUT2D eigenvalue weighted by atomic mass is 79.9. The van der Waals surface area contributed by atoms with Gasteiger partial charge < -0.3 is 11.1 Å². The van der Waals surface area contributed by atoms with E-state index < -0.39 is 10.8 Å². The number of anilines is 2. The number of hydrogen-bond donors (Lipinski definition) is 2. The highest BCUT2D eigenvalue weighted by Gasteiger charge is 2.15. The Bertz CT molecular complexity index is 659. The molecule has 98 valence electrons. The number of nitrogens with one attached hydrogen (secondary N) is 1. The molecule has 8 nitrogen and oxygen atoms in total. The molecule has 0 saturated carbocycles. The predicted octanol–water partition coefficient (Wildman–Crippen LogP) is 2.04. The van der Waals surface area contributed by atoms with Gasteiger partial charge in [0.2, 0.25) is 10.1 Å². The van der Waals surface area contributed by atoms with E-state index in [0.717, 1.165) is 11.3 Å². The Balaban J connectivity index is 2.20. The summed E-state index contributed by atoms with van der Waals surface area (Å²) in [7, 11) is 0. The molecule has 0 radical (unpaired) electrons. The largest absolute Gasteiger partial charge is 0.374 e. The lowest BCUT2D eigenvalue weighted by molar-refractivity contribution is -0.384. The van der Waals surface area contributed by atoms with Gasteiger partial charge in [-0.15, -0.1) is 10.2 Å². The van der Waals surface area contributed by atoms with Crippen LogP contribution < -0.4 is 11.1 Å². The number of hydrogen-bond acceptors (Lipinski definition) is 7. The van der Waals surface area contributed by atoms with E-state index in [-0.39, 0.29) is 15.8 Å². The van der Waals surface area contributed by atoms with Gasteiger partial charge in [-0.05, 0) is 22.0 Å². The Kier molecular flexibility index (Phi) is 3.71. The van der Waals surface area contributed by atoms with Crippen molar-refractivity contribution in [1.29, 1.82) is 0 Å². The van der Waals surface area contributed by atoms with E-state index in [1.54, 1.807) is 0 Å². The molecule has 19 heavy (non-hydrogen) atoms. The van der Waals surface area contributed by atoms with Crippen molar-refractivity contribution >= 4 is 49.7 Å². The van der Waals surface area contributed by atoms with Crippen molar-refractivity contribution in [3.05, 3.63) is 37.8 Å². The van der Waals surface area contributed by atoms with Crippen LogP contribution in [0.15, 0.2) is 22.7 Å². The van der Waals surface area contributed by atoms with Crippen molar-refractivity contribution in [3.8, 4) is 0 Å². The average Bonchev–Trinajstić information content (AvgIpc) is 2.78. The van der Waals surface area contributed by atoms with Crippen LogP contribution >= 0.6 is 27.3 Å². The summed E-state index contributed by atoms with van der Waals surface area (Å²) >= 11 is 4.09. The van der Waals surface area contributed by atoms with E-state index in [9.17, 15) is 14.9 Å². The third kappa shape index (κ3) is 3.03. The zero-order chi connectivity index (χ0) is 14.0. The molecule has 1 aromatic heterocycles. The topological polar surface area (TPSA) is 124 Å². The SMILES string of the molecule is Nc1nnc(C(=O)Nc2ccc([N+](=O)[O-])cc2Br)s1. The summed E-state index contributed by atoms with van der Waals surface area (Å²) in [6, 6.07) is 4.00. The summed E-state index contributed by atoms with van der Waals surface area (Å²) in [5.74, 6) is -0.483. The maximum Gasteiger partial charge on any atom is 0.286 e. The second kappa shape index (κ2) is 5.28. The molecule has 0 bridgehead atoms. The summed E-state index contributed by atoms with van der Waals surface area (Å²) < 4.78 is 0.396. The molecular weight excluding hydrogens is 338 g/mol. The standard InChI is InChI=1S/C9H6BrN5O3S/c10-5-3-4(15(17)18)1-2-6(5)12-7(16)8-13-14-9(11)19-8/h1-3H,(H2,11,14)(H,12,16). The number of nitro groups is 1. The molecule has 0 fully saturated rings. The molecule has 1 amide bonds. The first-order valence-corrected chi connectivity index (χ1v) is 6.42. The van der Waals surface area contributed by atoms with E-state index >= 15 is 0 Å². The number of carbonyl (C=O) groups is 1. The highest BCUT2D eigenvalue weighted by molar-refractivity contribution is 9.10. The number of rotatable bonds is 3. The zero-order valence-corrected chi connectivity index (χ0v) is 11.6. The van der Waals surface area contributed by atoms with E-state index in [0.29, 0.717) is 10.2 Å². The zero-order valence-electron chi connectivity index (χ0n) is 9.16. The molecule has 2 aromatic rings. The van der Waals surface area contributed by atoms with Crippen molar-refractivity contribution in [2.24, 2.45) is 0 Å². The molecule has 3 N–H and O–H groups in total. The Hall–Kier alpha value is -2.07. The smallest absolute Gasteiger partial charge is 0.286 e. The lowest BCUT2D eigenvalue weighted by Crippen LogP contribution is -2.12. The van der Waals surface area contributed by atoms with Crippen molar-refractivity contribution < 1.29 is 9.72 Å². The number of nitrogens with zero attached hydrogens (tertiary/aromatic N) is 3. The van der Waals surface area contributed by atoms with Crippen LogP contribution in [0.1, 0.15) is 9.80 Å². The summed E-state index contributed by atoms with van der Waals surface area (Å²) in [5.41, 5.74) is 5.69. The van der Waals surface area contributed by atoms with Crippen molar-refractivity contribution in [2.75, 3.05) is 11.1 Å². The Morgan fingerprint density at radius 2 is 2.21 bits per heavy atom. The molecule has 1 heterocycles. The van der Waals surface area contributed by atoms with Crippen molar-refractivity contribution in [3.63, 3.8) is 0 Å². The number of amides is 1. The Labute approximate surface area is 118 Å². The number of nitrogen functional groups attached to an aromatic ring is 1. The van der Waals surface area contributed by atoms with Gasteiger partial charge in [0.25, 0.3) is 11.6 Å². The molecule has 2 rings (SSSR count). The number of non-ortho nitro benzene ring substituents is 1. The second-order valence-corrected chi connectivity index (χ2v) is 5.18. The van der Waals surface area contributed by atoms with Crippen LogP contribution in [0.25, 0.3) is 0 Å². The molecule has 0 spiro atoms. The number of nitro benzene ring substituents is 1. The Morgan fingerprint density at radius 3 is 2.74 bits per heavy atom. The molecule has 0 aliphatic carbocycles. The highest BCUT2D eigenvalue weighted by Crippen LogP contribution is 2.27. The maximum absolute atomic E-state index is 11.8. The summed E-state index contributed by atoms with van der Waals surface area (Å²) in [6.07, 6.45) is 0. The third-order valence-electron chi connectivity index (χ3n) is 2.05. The van der Waals surface area contributed by atoms with Crippen LogP contribution in [0.5, 0.6) is 0 Å². The Morgan fingerprint density at radius 1 is 1.47 bits per heavy atom. The normalized spacial score (nSPS) is 10.2. The first-order valence-electron chi connectivity index (χ1n) is 4.81. The minimum atomic E-state index is -0.526. The van der Waals surface area contributed by atoms with Gasteiger partial charge in [-0.3, -0.25) is 14.9 Å². The molecule has 10 heteroatoms. The van der Waals surface area contributed by atoms with E-state index in [2.05, 4.69) is 31.4 Å². The maximum atomic E-state index is 11.8. The van der Waals surface area contributed by atoms with Crippen LogP contribution in [-0.4, -0.2) is 21.0 Å². The van der Waals surface area contributed by atoms with Gasteiger partial charge in [0, 0.05) is 16.6 Å². The molecular formula is C9H6BrN5O3S. The van der Waals surface area contributed by atoms with Gasteiger partial charge in [-0.2, -0.15) is 0 Å². The molecule has 0 aliphatic rings. The van der Waals surface area contributed by atoms with Crippen molar-refractivity contribution in [2.45, 2.75) is 0 Å². The van der Waals surface area contributed by atoms with E-state index in [1.807, 2.05) is 0 Å². The third-order valence-corrected chi connectivity index (χ3v) is 3.45. The van der Waals surface area contributed by atoms with E-state index in [1.165, 1.54) is 18.2 Å². The lowest BCUT2D eigenvalue weighted by atomic mass is 10.3. The number of benzene rings is 1. The van der Waals surface area contributed by atoms with Crippen LogP contribution in [-0.2, 0) is 0 Å². The second-order valence-electron chi connectivity index (χ2n) is 3.32. The number of halogens is 1. The van der Waals surface area contributed by atoms with Gasteiger partial charge in [-0.25, -0.2) is 0 Å². The molecule has 0 atom stereocenters. The van der Waals surface area contributed by atoms with Gasteiger partial charge in [0.1, 0.15) is 0 Å². The fourth-order valence-electron chi connectivity index (χ4n) is 1.22. The number of carbonyl (C=O) groups excluding carboxylic acids is 1. The van der Waals surface area contributed by atoms with Gasteiger partial charge in [0.15, 0.2) is 0 Å².